The summed E-state index contributed by atoms with van der Waals surface area (Å²) in [5.74, 6) is -0.0423. The molecule has 0 bridgehead atoms. The highest BCUT2D eigenvalue weighted by Gasteiger charge is 2.30. The van der Waals surface area contributed by atoms with Crippen LogP contribution < -0.4 is 10.6 Å². The van der Waals surface area contributed by atoms with Crippen molar-refractivity contribution in [2.75, 3.05) is 10.6 Å². The molecule has 2 N–H and O–H groups in total. The van der Waals surface area contributed by atoms with E-state index in [-0.39, 0.29) is 23.7 Å². The monoisotopic (exact) mass is 370 g/mol. The highest BCUT2D eigenvalue weighted by molar-refractivity contribution is 6.31. The van der Waals surface area contributed by atoms with Gasteiger partial charge in [0.1, 0.15) is 0 Å². The molecule has 1 aliphatic carbocycles. The molecule has 3 rings (SSSR count). The van der Waals surface area contributed by atoms with Crippen molar-refractivity contribution < 1.29 is 9.59 Å². The van der Waals surface area contributed by atoms with Crippen LogP contribution in [-0.2, 0) is 9.59 Å². The molecule has 136 valence electrons. The fourth-order valence-electron chi connectivity index (χ4n) is 3.36. The van der Waals surface area contributed by atoms with Gasteiger partial charge in [0, 0.05) is 28.2 Å². The van der Waals surface area contributed by atoms with Gasteiger partial charge in [-0.15, -0.1) is 0 Å². The zero-order chi connectivity index (χ0) is 18.5. The number of benzene rings is 2. The van der Waals surface area contributed by atoms with E-state index in [0.29, 0.717) is 5.02 Å². The van der Waals surface area contributed by atoms with Crippen molar-refractivity contribution in [2.45, 2.75) is 32.6 Å². The van der Waals surface area contributed by atoms with Crippen molar-refractivity contribution in [2.24, 2.45) is 11.8 Å². The molecule has 0 heterocycles. The van der Waals surface area contributed by atoms with Crippen LogP contribution in [0.1, 0.15) is 31.2 Å². The predicted molar refractivity (Wildman–Crippen MR) is 105 cm³/mol. The Labute approximate surface area is 158 Å². The Kier molecular flexibility index (Phi) is 5.94. The summed E-state index contributed by atoms with van der Waals surface area (Å²) in [4.78, 5) is 24.9. The maximum atomic E-state index is 12.5. The molecule has 26 heavy (non-hydrogen) atoms. The predicted octanol–water partition coefficient (Wildman–Crippen LogP) is 5.03. The standard InChI is InChI=1S/C21H23ClN2O2/c1-14-18(22)8-5-9-19(14)24-21(26)16-12-10-15(11-13-16)20(25)23-17-6-3-2-4-7-17/h2-9,15-16H,10-13H2,1H3,(H,23,25)(H,24,26). The van der Waals surface area contributed by atoms with Crippen LogP contribution >= 0.6 is 11.6 Å². The van der Waals surface area contributed by atoms with Gasteiger partial charge in [-0.1, -0.05) is 35.9 Å². The number of anilines is 2. The van der Waals surface area contributed by atoms with Crippen LogP contribution in [0.2, 0.25) is 5.02 Å². The van der Waals surface area contributed by atoms with E-state index in [0.717, 1.165) is 42.6 Å². The molecule has 0 aliphatic heterocycles. The van der Waals surface area contributed by atoms with Gasteiger partial charge >= 0.3 is 0 Å². The average molecular weight is 371 g/mol. The van der Waals surface area contributed by atoms with Gasteiger partial charge in [-0.3, -0.25) is 9.59 Å². The summed E-state index contributed by atoms with van der Waals surface area (Å²) >= 11 is 6.11. The molecule has 1 saturated carbocycles. The number of amides is 2. The zero-order valence-corrected chi connectivity index (χ0v) is 15.6. The lowest BCUT2D eigenvalue weighted by Gasteiger charge is -2.27. The molecule has 2 aromatic rings. The Balaban J connectivity index is 1.52. The minimum absolute atomic E-state index is 0.0114. The lowest BCUT2D eigenvalue weighted by atomic mass is 9.81. The van der Waals surface area contributed by atoms with Crippen LogP contribution in [0, 0.1) is 18.8 Å². The Morgan fingerprint density at radius 2 is 1.42 bits per heavy atom. The maximum Gasteiger partial charge on any atom is 0.227 e. The van der Waals surface area contributed by atoms with E-state index in [9.17, 15) is 9.59 Å². The molecule has 1 fully saturated rings. The first kappa shape index (κ1) is 18.5. The van der Waals surface area contributed by atoms with E-state index in [1.165, 1.54) is 0 Å². The normalized spacial score (nSPS) is 19.6. The van der Waals surface area contributed by atoms with Gasteiger partial charge in [0.2, 0.25) is 11.8 Å². The molecule has 0 spiro atoms. The first-order chi connectivity index (χ1) is 12.5. The van der Waals surface area contributed by atoms with Crippen LogP contribution in [0.25, 0.3) is 0 Å². The van der Waals surface area contributed by atoms with E-state index in [1.807, 2.05) is 55.5 Å². The third-order valence-corrected chi connectivity index (χ3v) is 5.45. The molecule has 0 aromatic heterocycles. The van der Waals surface area contributed by atoms with Gasteiger partial charge in [-0.2, -0.15) is 0 Å². The van der Waals surface area contributed by atoms with Crippen molar-refractivity contribution >= 4 is 34.8 Å². The number of hydrogen-bond donors (Lipinski definition) is 2. The average Bonchev–Trinajstić information content (AvgIpc) is 2.66. The molecule has 0 unspecified atom stereocenters. The van der Waals surface area contributed by atoms with E-state index in [1.54, 1.807) is 0 Å². The lowest BCUT2D eigenvalue weighted by molar-refractivity contribution is -0.125. The summed E-state index contributed by atoms with van der Waals surface area (Å²) in [6, 6.07) is 15.0. The molecule has 2 amide bonds. The summed E-state index contributed by atoms with van der Waals surface area (Å²) < 4.78 is 0. The molecule has 1 aliphatic rings. The van der Waals surface area contributed by atoms with Gasteiger partial charge in [0.15, 0.2) is 0 Å². The summed E-state index contributed by atoms with van der Waals surface area (Å²) in [6.45, 7) is 1.89. The van der Waals surface area contributed by atoms with Crippen molar-refractivity contribution in [1.29, 1.82) is 0 Å². The van der Waals surface area contributed by atoms with E-state index >= 15 is 0 Å². The topological polar surface area (TPSA) is 58.2 Å². The Morgan fingerprint density at radius 1 is 0.846 bits per heavy atom. The number of para-hydroxylation sites is 1. The quantitative estimate of drug-likeness (QED) is 0.792. The van der Waals surface area contributed by atoms with Crippen LogP contribution in [0.15, 0.2) is 48.5 Å². The number of rotatable bonds is 4. The number of carbonyl (C=O) groups excluding carboxylic acids is 2. The van der Waals surface area contributed by atoms with Crippen LogP contribution in [0.3, 0.4) is 0 Å². The Morgan fingerprint density at radius 3 is 2.04 bits per heavy atom. The Hall–Kier alpha value is -2.33. The molecule has 0 saturated heterocycles. The minimum atomic E-state index is -0.0610. The van der Waals surface area contributed by atoms with Gasteiger partial charge in [-0.25, -0.2) is 0 Å². The van der Waals surface area contributed by atoms with Crippen LogP contribution in [0.5, 0.6) is 0 Å². The first-order valence-electron chi connectivity index (χ1n) is 8.96. The van der Waals surface area contributed by atoms with Crippen LogP contribution in [-0.4, -0.2) is 11.8 Å². The summed E-state index contributed by atoms with van der Waals surface area (Å²) in [5, 5.41) is 6.58. The van der Waals surface area contributed by atoms with E-state index < -0.39 is 0 Å². The third kappa shape index (κ3) is 4.44. The summed E-state index contributed by atoms with van der Waals surface area (Å²) in [5.41, 5.74) is 2.44. The van der Waals surface area contributed by atoms with Crippen LogP contribution in [0.4, 0.5) is 11.4 Å². The van der Waals surface area contributed by atoms with E-state index in [2.05, 4.69) is 10.6 Å². The second-order valence-corrected chi connectivity index (χ2v) is 7.21. The van der Waals surface area contributed by atoms with Crippen molar-refractivity contribution in [1.82, 2.24) is 0 Å². The fraction of sp³-hybridized carbons (Fsp3) is 0.333. The molecule has 4 nitrogen and oxygen atoms in total. The zero-order valence-electron chi connectivity index (χ0n) is 14.8. The summed E-state index contributed by atoms with van der Waals surface area (Å²) in [6.07, 6.45) is 2.90. The highest BCUT2D eigenvalue weighted by Crippen LogP contribution is 2.31. The van der Waals surface area contributed by atoms with Gasteiger partial charge in [-0.05, 0) is 62.4 Å². The second kappa shape index (κ2) is 8.37. The molecular formula is C21H23ClN2O2. The number of hydrogen-bond acceptors (Lipinski definition) is 2. The number of carbonyl (C=O) groups is 2. The van der Waals surface area contributed by atoms with Gasteiger partial charge in [0.05, 0.1) is 0 Å². The Bertz CT molecular complexity index is 784. The third-order valence-electron chi connectivity index (χ3n) is 5.04. The highest BCUT2D eigenvalue weighted by atomic mass is 35.5. The van der Waals surface area contributed by atoms with Crippen molar-refractivity contribution in [3.8, 4) is 0 Å². The lowest BCUT2D eigenvalue weighted by Crippen LogP contribution is -2.32. The molecule has 0 atom stereocenters. The fourth-order valence-corrected chi connectivity index (χ4v) is 3.54. The molecule has 2 aromatic carbocycles. The molecule has 0 radical (unpaired) electrons. The summed E-state index contributed by atoms with van der Waals surface area (Å²) in [7, 11) is 0. The first-order valence-corrected chi connectivity index (χ1v) is 9.34. The molecule has 5 heteroatoms. The largest absolute Gasteiger partial charge is 0.326 e. The number of nitrogens with one attached hydrogen (secondary N) is 2. The minimum Gasteiger partial charge on any atom is -0.326 e. The maximum absolute atomic E-state index is 12.5. The van der Waals surface area contributed by atoms with Crippen molar-refractivity contribution in [3.63, 3.8) is 0 Å². The van der Waals surface area contributed by atoms with Gasteiger partial charge in [0.25, 0.3) is 0 Å². The van der Waals surface area contributed by atoms with Gasteiger partial charge < -0.3 is 10.6 Å². The van der Waals surface area contributed by atoms with E-state index in [4.69, 9.17) is 11.6 Å². The van der Waals surface area contributed by atoms with Crippen molar-refractivity contribution in [3.05, 3.63) is 59.1 Å². The molecular weight excluding hydrogens is 348 g/mol. The smallest absolute Gasteiger partial charge is 0.227 e. The second-order valence-electron chi connectivity index (χ2n) is 6.81. The SMILES string of the molecule is Cc1c(Cl)cccc1NC(=O)C1CCC(C(=O)Nc2ccccc2)CC1. The number of halogens is 1.